The van der Waals surface area contributed by atoms with Crippen LogP contribution in [0.1, 0.15) is 41.5 Å². The van der Waals surface area contributed by atoms with Crippen LogP contribution in [0.4, 0.5) is 0 Å². The van der Waals surface area contributed by atoms with Gasteiger partial charge in [-0.3, -0.25) is 0 Å². The van der Waals surface area contributed by atoms with E-state index in [9.17, 15) is 43.2 Å². The standard InChI is InChI=1S/C84H32O18/c1-7-10-13-16-19-22-25-28-31-34-37-40-43-46-49-52-55-58-61-64-76(85)99-72(4)82(91)96-69-79(88)94-67-75(102-81(90)71-98-84(93)74(6)101-78(87)66-63-60-57-54-51-48-45-42-39-36-33-30-27-24-21-18-15-12-9-3)68-95-80(89)70-97-83(92)73(5)100-77(86)65-62-59-56-53-50-47-44-41-38-35-32-29-26-23-20-17-14-11-8-2/h72-75H,67-71H2,1-6H3. The molecule has 0 aliphatic carbocycles. The van der Waals surface area contributed by atoms with Crippen LogP contribution in [0.2, 0.25) is 0 Å². The van der Waals surface area contributed by atoms with Gasteiger partial charge in [0.25, 0.3) is 0 Å². The Labute approximate surface area is 590 Å². The van der Waals surface area contributed by atoms with E-state index in [4.69, 9.17) is 42.6 Å². The predicted octanol–water partition coefficient (Wildman–Crippen LogP) is -1.43. The lowest BCUT2D eigenvalue weighted by Gasteiger charge is -2.19. The summed E-state index contributed by atoms with van der Waals surface area (Å²) in [7, 11) is 0. The molecule has 0 spiro atoms. The average molecular weight is 1330 g/mol. The third-order valence-corrected chi connectivity index (χ3v) is 8.06. The van der Waals surface area contributed by atoms with Gasteiger partial charge in [0, 0.05) is 53.3 Å². The first kappa shape index (κ1) is 84.0. The largest absolute Gasteiger partial charge is 0.459 e. The minimum atomic E-state index is -1.71. The average Bonchev–Trinajstić information content (AvgIpc) is 1.05. The van der Waals surface area contributed by atoms with E-state index < -0.39 is 111 Å². The van der Waals surface area contributed by atoms with Crippen molar-refractivity contribution in [2.45, 2.75) is 66.0 Å². The second-order valence-corrected chi connectivity index (χ2v) is 15.3. The smallest absolute Gasteiger partial charge is 0.386 e. The Hall–Kier alpha value is -18.0. The first-order valence-electron chi connectivity index (χ1n) is 27.0. The Morgan fingerprint density at radius 1 is 0.216 bits per heavy atom. The third-order valence-electron chi connectivity index (χ3n) is 8.06. The van der Waals surface area contributed by atoms with Crippen molar-refractivity contribution in [3.63, 3.8) is 0 Å². The molecule has 3 unspecified atom stereocenters. The molecule has 0 aromatic heterocycles. The lowest BCUT2D eigenvalue weighted by Crippen LogP contribution is -2.35. The first-order valence-corrected chi connectivity index (χ1v) is 27.0. The van der Waals surface area contributed by atoms with Gasteiger partial charge < -0.3 is 42.6 Å². The fourth-order valence-corrected chi connectivity index (χ4v) is 4.18. The zero-order valence-corrected chi connectivity index (χ0v) is 53.7. The van der Waals surface area contributed by atoms with E-state index in [0.717, 1.165) is 20.8 Å². The number of rotatable bonds is 17. The second kappa shape index (κ2) is 61.9. The molecule has 0 aliphatic heterocycles. The van der Waals surface area contributed by atoms with E-state index in [1.165, 1.54) is 0 Å². The molecule has 476 valence electrons. The monoisotopic (exact) mass is 1330 g/mol. The minimum Gasteiger partial charge on any atom is -0.459 e. The summed E-state index contributed by atoms with van der Waals surface area (Å²) in [5, 5.41) is 0. The number of carbonyl (C=O) groups is 9. The van der Waals surface area contributed by atoms with Crippen LogP contribution >= 0.6 is 0 Å². The zero-order valence-electron chi connectivity index (χ0n) is 53.7. The predicted molar refractivity (Wildman–Crippen MR) is 362 cm³/mol. The summed E-state index contributed by atoms with van der Waals surface area (Å²) in [6, 6.07) is 0. The summed E-state index contributed by atoms with van der Waals surface area (Å²) in [5.74, 6) is 132. The van der Waals surface area contributed by atoms with Crippen molar-refractivity contribution in [3.8, 4) is 355 Å². The van der Waals surface area contributed by atoms with Gasteiger partial charge in [0.1, 0.15) is 13.2 Å². The molecule has 0 rings (SSSR count). The van der Waals surface area contributed by atoms with Crippen LogP contribution in [-0.4, -0.2) is 111 Å². The van der Waals surface area contributed by atoms with Crippen LogP contribution < -0.4 is 0 Å². The molecule has 18 nitrogen and oxygen atoms in total. The van der Waals surface area contributed by atoms with Gasteiger partial charge >= 0.3 is 53.7 Å². The van der Waals surface area contributed by atoms with E-state index in [1.54, 1.807) is 20.8 Å². The summed E-state index contributed by atoms with van der Waals surface area (Å²) < 4.78 is 44.0. The molecule has 0 saturated heterocycles. The van der Waals surface area contributed by atoms with Crippen molar-refractivity contribution in [3.05, 3.63) is 0 Å². The molecule has 18 heteroatoms. The summed E-state index contributed by atoms with van der Waals surface area (Å²) in [4.78, 5) is 112. The van der Waals surface area contributed by atoms with Crippen LogP contribution in [0.15, 0.2) is 0 Å². The highest BCUT2D eigenvalue weighted by Crippen LogP contribution is 2.03. The highest BCUT2D eigenvalue weighted by molar-refractivity contribution is 5.93. The van der Waals surface area contributed by atoms with Crippen molar-refractivity contribution < 1.29 is 85.8 Å². The van der Waals surface area contributed by atoms with Gasteiger partial charge in [0.2, 0.25) is 0 Å². The molecule has 0 heterocycles. The van der Waals surface area contributed by atoms with Crippen LogP contribution in [0.3, 0.4) is 0 Å². The highest BCUT2D eigenvalue weighted by atomic mass is 16.7. The summed E-state index contributed by atoms with van der Waals surface area (Å²) in [6.45, 7) is 2.91. The molecule has 0 amide bonds. The van der Waals surface area contributed by atoms with Gasteiger partial charge in [-0.05, 0) is 326 Å². The topological polar surface area (TPSA) is 237 Å². The SMILES string of the molecule is CC#CC#CC#CC#CC#CC#CC#CC#CC#CC#CC(=O)OC(C)C(=O)OCC(=O)OCC(COC(=O)COC(=O)C(C)OC(=O)C#CC#CC#CC#CC#CC#CC#CC#CC#CC#CC)OC(=O)COC(=O)C(C)OC(=O)C#CC#CC#CC#CC#CC#CC#CC#CC#CC#CC. The summed E-state index contributed by atoms with van der Waals surface area (Å²) in [5.41, 5.74) is 0. The molecular weight excluding hydrogens is 1300 g/mol. The number of esters is 9. The molecule has 0 radical (unpaired) electrons. The Morgan fingerprint density at radius 3 is 0.569 bits per heavy atom. The quantitative estimate of drug-likeness (QED) is 0.0703. The van der Waals surface area contributed by atoms with Crippen LogP contribution in [0, 0.1) is 355 Å². The Balaban J connectivity index is 5.75. The number of hydrogen-bond acceptors (Lipinski definition) is 18. The van der Waals surface area contributed by atoms with Crippen molar-refractivity contribution in [2.24, 2.45) is 0 Å². The summed E-state index contributed by atoms with van der Waals surface area (Å²) in [6.07, 6.45) is -6.59. The fourth-order valence-electron chi connectivity index (χ4n) is 4.18. The second-order valence-electron chi connectivity index (χ2n) is 15.3. The van der Waals surface area contributed by atoms with E-state index in [2.05, 4.69) is 337 Å². The molecule has 102 heavy (non-hydrogen) atoms. The van der Waals surface area contributed by atoms with Gasteiger partial charge in [-0.2, -0.15) is 0 Å². The van der Waals surface area contributed by atoms with Crippen molar-refractivity contribution in [2.75, 3.05) is 33.0 Å². The Bertz CT molecular complexity index is 5290. The van der Waals surface area contributed by atoms with E-state index in [-0.39, 0.29) is 0 Å². The molecule has 3 atom stereocenters. The molecule has 0 fully saturated rings. The molecule has 0 aromatic rings. The molecule has 0 N–H and O–H groups in total. The van der Waals surface area contributed by atoms with Gasteiger partial charge in [0.15, 0.2) is 44.2 Å². The van der Waals surface area contributed by atoms with Crippen molar-refractivity contribution in [1.82, 2.24) is 0 Å². The number of carbonyl (C=O) groups excluding carboxylic acids is 9. The van der Waals surface area contributed by atoms with Crippen LogP contribution in [0.5, 0.6) is 0 Å². The van der Waals surface area contributed by atoms with E-state index in [0.29, 0.717) is 0 Å². The third kappa shape index (κ3) is 56.0. The molecule has 0 aromatic carbocycles. The minimum absolute atomic E-state index is 0.932. The summed E-state index contributed by atoms with van der Waals surface area (Å²) >= 11 is 0. The normalized spacial score (nSPS) is 7.71. The molecule has 0 aliphatic rings. The zero-order chi connectivity index (χ0) is 74.8. The van der Waals surface area contributed by atoms with Crippen LogP contribution in [0.25, 0.3) is 0 Å². The molecular formula is C84H32O18. The van der Waals surface area contributed by atoms with Crippen molar-refractivity contribution >= 4 is 53.7 Å². The lowest BCUT2D eigenvalue weighted by atomic mass is 10.4. The number of ether oxygens (including phenoxy) is 9. The van der Waals surface area contributed by atoms with E-state index >= 15 is 0 Å². The Morgan fingerprint density at radius 2 is 0.382 bits per heavy atom. The van der Waals surface area contributed by atoms with Gasteiger partial charge in [-0.15, -0.1) is 0 Å². The highest BCUT2D eigenvalue weighted by Gasteiger charge is 2.26. The van der Waals surface area contributed by atoms with Crippen molar-refractivity contribution in [1.29, 1.82) is 0 Å². The maximum Gasteiger partial charge on any atom is 0.386 e. The van der Waals surface area contributed by atoms with Gasteiger partial charge in [-0.25, -0.2) is 43.2 Å². The maximum atomic E-state index is 12.8. The first-order chi connectivity index (χ1) is 49.6. The number of hydrogen-bond donors (Lipinski definition) is 0. The fraction of sp³-hybridized carbons (Fsp3) is 0.179. The maximum absolute atomic E-state index is 12.8. The van der Waals surface area contributed by atoms with Crippen LogP contribution in [-0.2, 0) is 85.8 Å². The molecule has 0 saturated carbocycles. The Kier molecular flexibility index (Phi) is 51.0. The van der Waals surface area contributed by atoms with Gasteiger partial charge in [0.05, 0.1) is 0 Å². The van der Waals surface area contributed by atoms with E-state index in [1.807, 2.05) is 17.8 Å². The lowest BCUT2D eigenvalue weighted by molar-refractivity contribution is -0.179. The molecule has 0 bridgehead atoms. The van der Waals surface area contributed by atoms with Gasteiger partial charge in [-0.1, -0.05) is 17.8 Å².